The SMILES string of the molecule is CCCOc1nc(CC(C)C)nc(NC(C)CC)c1[N+](=O)[O-]. The van der Waals surface area contributed by atoms with E-state index in [2.05, 4.69) is 29.1 Å². The first-order chi connectivity index (χ1) is 10.4. The molecule has 0 amide bonds. The van der Waals surface area contributed by atoms with E-state index >= 15 is 0 Å². The first-order valence-corrected chi connectivity index (χ1v) is 7.83. The van der Waals surface area contributed by atoms with Crippen LogP contribution in [0, 0.1) is 16.0 Å². The number of hydrogen-bond acceptors (Lipinski definition) is 6. The summed E-state index contributed by atoms with van der Waals surface area (Å²) in [5, 5.41) is 14.5. The predicted molar refractivity (Wildman–Crippen MR) is 86.4 cm³/mol. The minimum Gasteiger partial charge on any atom is -0.473 e. The van der Waals surface area contributed by atoms with Crippen LogP contribution in [0.3, 0.4) is 0 Å². The molecule has 1 rings (SSSR count). The van der Waals surface area contributed by atoms with Crippen LogP contribution < -0.4 is 10.1 Å². The van der Waals surface area contributed by atoms with E-state index in [-0.39, 0.29) is 23.4 Å². The second-order valence-corrected chi connectivity index (χ2v) is 5.80. The second kappa shape index (κ2) is 8.51. The van der Waals surface area contributed by atoms with Crippen molar-refractivity contribution in [2.45, 2.75) is 59.9 Å². The average Bonchev–Trinajstić information content (AvgIpc) is 2.43. The van der Waals surface area contributed by atoms with E-state index in [9.17, 15) is 10.1 Å². The first kappa shape index (κ1) is 18.1. The summed E-state index contributed by atoms with van der Waals surface area (Å²) in [6, 6.07) is 0.0829. The van der Waals surface area contributed by atoms with Gasteiger partial charge in [0.2, 0.25) is 5.82 Å². The van der Waals surface area contributed by atoms with E-state index in [0.29, 0.717) is 24.8 Å². The van der Waals surface area contributed by atoms with Gasteiger partial charge in [-0.3, -0.25) is 10.1 Å². The lowest BCUT2D eigenvalue weighted by atomic mass is 10.1. The Bertz CT molecular complexity index is 506. The van der Waals surface area contributed by atoms with Crippen LogP contribution in [-0.4, -0.2) is 27.5 Å². The van der Waals surface area contributed by atoms with Crippen molar-refractivity contribution in [3.63, 3.8) is 0 Å². The molecule has 1 heterocycles. The molecule has 0 aliphatic carbocycles. The van der Waals surface area contributed by atoms with E-state index < -0.39 is 4.92 Å². The number of anilines is 1. The van der Waals surface area contributed by atoms with Crippen LogP contribution >= 0.6 is 0 Å². The number of aromatic nitrogens is 2. The zero-order valence-corrected chi connectivity index (χ0v) is 14.0. The molecule has 0 saturated carbocycles. The number of nitrogens with zero attached hydrogens (tertiary/aromatic N) is 3. The summed E-state index contributed by atoms with van der Waals surface area (Å²) in [6.45, 7) is 10.4. The van der Waals surface area contributed by atoms with E-state index in [4.69, 9.17) is 4.74 Å². The summed E-state index contributed by atoms with van der Waals surface area (Å²) < 4.78 is 5.49. The molecule has 0 fully saturated rings. The number of ether oxygens (including phenoxy) is 1. The predicted octanol–water partition coefficient (Wildman–Crippen LogP) is 3.58. The highest BCUT2D eigenvalue weighted by Crippen LogP contribution is 2.33. The fourth-order valence-electron chi connectivity index (χ4n) is 1.83. The van der Waals surface area contributed by atoms with Gasteiger partial charge in [-0.25, -0.2) is 4.98 Å². The third-order valence-corrected chi connectivity index (χ3v) is 3.11. The van der Waals surface area contributed by atoms with Gasteiger partial charge >= 0.3 is 5.69 Å². The molecule has 0 aliphatic rings. The monoisotopic (exact) mass is 310 g/mol. The fourth-order valence-corrected chi connectivity index (χ4v) is 1.83. The maximum Gasteiger partial charge on any atom is 0.372 e. The molecule has 22 heavy (non-hydrogen) atoms. The van der Waals surface area contributed by atoms with Crippen molar-refractivity contribution in [2.75, 3.05) is 11.9 Å². The van der Waals surface area contributed by atoms with Crippen LogP contribution in [-0.2, 0) is 6.42 Å². The summed E-state index contributed by atoms with van der Waals surface area (Å²) in [4.78, 5) is 19.5. The van der Waals surface area contributed by atoms with Crippen LogP contribution in [0.1, 0.15) is 53.3 Å². The van der Waals surface area contributed by atoms with Gasteiger partial charge in [0.15, 0.2) is 0 Å². The minimum atomic E-state index is -0.477. The molecule has 1 atom stereocenters. The molecule has 0 aliphatic heterocycles. The summed E-state index contributed by atoms with van der Waals surface area (Å²) in [7, 11) is 0. The molecular formula is C15H26N4O3. The van der Waals surface area contributed by atoms with Gasteiger partial charge in [-0.05, 0) is 25.7 Å². The summed E-state index contributed by atoms with van der Waals surface area (Å²) >= 11 is 0. The molecule has 0 spiro atoms. The van der Waals surface area contributed by atoms with Gasteiger partial charge in [0, 0.05) is 12.5 Å². The molecule has 1 aromatic rings. The third kappa shape index (κ3) is 5.13. The van der Waals surface area contributed by atoms with Gasteiger partial charge in [0.05, 0.1) is 11.5 Å². The van der Waals surface area contributed by atoms with Gasteiger partial charge in [0.25, 0.3) is 5.88 Å². The molecule has 7 nitrogen and oxygen atoms in total. The largest absolute Gasteiger partial charge is 0.473 e. The highest BCUT2D eigenvalue weighted by molar-refractivity contribution is 5.62. The van der Waals surface area contributed by atoms with Gasteiger partial charge in [-0.1, -0.05) is 27.7 Å². The van der Waals surface area contributed by atoms with Crippen molar-refractivity contribution >= 4 is 11.5 Å². The summed E-state index contributed by atoms with van der Waals surface area (Å²) in [5.74, 6) is 1.23. The van der Waals surface area contributed by atoms with Crippen LogP contribution in [0.2, 0.25) is 0 Å². The number of hydrogen-bond donors (Lipinski definition) is 1. The smallest absolute Gasteiger partial charge is 0.372 e. The van der Waals surface area contributed by atoms with Gasteiger partial charge in [-0.2, -0.15) is 4.98 Å². The minimum absolute atomic E-state index is 0.0586. The molecule has 1 N–H and O–H groups in total. The molecule has 0 saturated heterocycles. The van der Waals surface area contributed by atoms with Crippen LogP contribution in [0.5, 0.6) is 5.88 Å². The molecular weight excluding hydrogens is 284 g/mol. The molecule has 124 valence electrons. The highest BCUT2D eigenvalue weighted by Gasteiger charge is 2.27. The summed E-state index contributed by atoms with van der Waals surface area (Å²) in [6.07, 6.45) is 2.25. The fraction of sp³-hybridized carbons (Fsp3) is 0.733. The Hall–Kier alpha value is -1.92. The molecule has 0 radical (unpaired) electrons. The Morgan fingerprint density at radius 1 is 1.27 bits per heavy atom. The number of nitrogens with one attached hydrogen (secondary N) is 1. The van der Waals surface area contributed by atoms with Gasteiger partial charge < -0.3 is 10.1 Å². The summed E-state index contributed by atoms with van der Waals surface area (Å²) in [5.41, 5.74) is -0.179. The average molecular weight is 310 g/mol. The normalized spacial score (nSPS) is 12.3. The van der Waals surface area contributed by atoms with Gasteiger partial charge in [-0.15, -0.1) is 0 Å². The van der Waals surface area contributed by atoms with Crippen molar-refractivity contribution in [1.29, 1.82) is 0 Å². The first-order valence-electron chi connectivity index (χ1n) is 7.83. The quantitative estimate of drug-likeness (QED) is 0.554. The zero-order chi connectivity index (χ0) is 16.7. The number of nitro groups is 1. The van der Waals surface area contributed by atoms with E-state index in [0.717, 1.165) is 12.8 Å². The van der Waals surface area contributed by atoms with Crippen molar-refractivity contribution in [3.05, 3.63) is 15.9 Å². The lowest BCUT2D eigenvalue weighted by Gasteiger charge is -2.15. The van der Waals surface area contributed by atoms with Crippen molar-refractivity contribution in [1.82, 2.24) is 9.97 Å². The Balaban J connectivity index is 3.30. The van der Waals surface area contributed by atoms with Crippen LogP contribution in [0.4, 0.5) is 11.5 Å². The standard InChI is InChI=1S/C15H26N4O3/c1-6-8-22-15-13(19(20)21)14(16-11(5)7-2)17-12(18-15)9-10(3)4/h10-11H,6-9H2,1-5H3,(H,16,17,18). The molecule has 1 aromatic heterocycles. The van der Waals surface area contributed by atoms with Crippen molar-refractivity contribution in [2.24, 2.45) is 5.92 Å². The van der Waals surface area contributed by atoms with Crippen molar-refractivity contribution < 1.29 is 9.66 Å². The van der Waals surface area contributed by atoms with Gasteiger partial charge in [0.1, 0.15) is 5.82 Å². The van der Waals surface area contributed by atoms with Crippen molar-refractivity contribution in [3.8, 4) is 5.88 Å². The van der Waals surface area contributed by atoms with E-state index in [1.54, 1.807) is 0 Å². The maximum atomic E-state index is 11.4. The second-order valence-electron chi connectivity index (χ2n) is 5.80. The topological polar surface area (TPSA) is 90.2 Å². The molecule has 0 aromatic carbocycles. The van der Waals surface area contributed by atoms with E-state index in [1.807, 2.05) is 20.8 Å². The lowest BCUT2D eigenvalue weighted by molar-refractivity contribution is -0.385. The Kier molecular flexibility index (Phi) is 7.01. The van der Waals surface area contributed by atoms with Crippen LogP contribution in [0.25, 0.3) is 0 Å². The molecule has 0 bridgehead atoms. The Labute approximate surface area is 131 Å². The van der Waals surface area contributed by atoms with Crippen LogP contribution in [0.15, 0.2) is 0 Å². The Morgan fingerprint density at radius 3 is 2.45 bits per heavy atom. The lowest BCUT2D eigenvalue weighted by Crippen LogP contribution is -2.18. The van der Waals surface area contributed by atoms with E-state index in [1.165, 1.54) is 0 Å². The highest BCUT2D eigenvalue weighted by atomic mass is 16.6. The maximum absolute atomic E-state index is 11.4. The molecule has 7 heteroatoms. The molecule has 1 unspecified atom stereocenters. The third-order valence-electron chi connectivity index (χ3n) is 3.11. The zero-order valence-electron chi connectivity index (χ0n) is 14.0. The number of rotatable bonds is 9. The Morgan fingerprint density at radius 2 is 1.95 bits per heavy atom.